The van der Waals surface area contributed by atoms with E-state index in [4.69, 9.17) is 4.74 Å². The number of aromatic nitrogens is 4. The van der Waals surface area contributed by atoms with Crippen molar-refractivity contribution in [3.05, 3.63) is 45.1 Å². The van der Waals surface area contributed by atoms with Crippen LogP contribution in [0.3, 0.4) is 0 Å². The van der Waals surface area contributed by atoms with Crippen molar-refractivity contribution in [2.45, 2.75) is 13.0 Å². The highest BCUT2D eigenvalue weighted by Gasteiger charge is 2.26. The number of methoxy groups -OCH3 is 1. The summed E-state index contributed by atoms with van der Waals surface area (Å²) in [5, 5.41) is 0. The van der Waals surface area contributed by atoms with Gasteiger partial charge in [-0.05, 0) is 18.6 Å². The number of benzene rings is 1. The van der Waals surface area contributed by atoms with E-state index in [0.29, 0.717) is 23.7 Å². The van der Waals surface area contributed by atoms with E-state index < -0.39 is 0 Å². The Morgan fingerprint density at radius 3 is 2.68 bits per heavy atom. The fourth-order valence-corrected chi connectivity index (χ4v) is 3.36. The molecule has 0 N–H and O–H groups in total. The Labute approximate surface area is 143 Å². The molecule has 8 nitrogen and oxygen atoms in total. The lowest BCUT2D eigenvalue weighted by molar-refractivity contribution is 0.415. The van der Waals surface area contributed by atoms with Gasteiger partial charge >= 0.3 is 5.69 Å². The fourth-order valence-electron chi connectivity index (χ4n) is 3.36. The van der Waals surface area contributed by atoms with Gasteiger partial charge in [-0.25, -0.2) is 4.79 Å². The standard InChI is InChI=1S/C17H19N5O3/c1-19-14-13(15(23)20(2)17(19)24)22-9-5-8-21(16(22)18-14)11-6-4-7-12(10-11)25-3/h4,6-7,10H,5,8-9H2,1-3H3. The molecule has 0 saturated heterocycles. The molecule has 0 bridgehead atoms. The third-order valence-electron chi connectivity index (χ3n) is 4.70. The fraction of sp³-hybridized carbons (Fsp3) is 0.353. The maximum Gasteiger partial charge on any atom is 0.332 e. The Morgan fingerprint density at radius 2 is 1.92 bits per heavy atom. The average Bonchev–Trinajstić information content (AvgIpc) is 3.04. The summed E-state index contributed by atoms with van der Waals surface area (Å²) in [6, 6.07) is 7.72. The van der Waals surface area contributed by atoms with Gasteiger partial charge in [-0.15, -0.1) is 0 Å². The molecule has 130 valence electrons. The first-order valence-corrected chi connectivity index (χ1v) is 8.10. The predicted octanol–water partition coefficient (Wildman–Crippen LogP) is 0.984. The van der Waals surface area contributed by atoms with Gasteiger partial charge in [0.25, 0.3) is 5.56 Å². The van der Waals surface area contributed by atoms with Crippen molar-refractivity contribution in [1.29, 1.82) is 0 Å². The Morgan fingerprint density at radius 1 is 1.12 bits per heavy atom. The minimum absolute atomic E-state index is 0.315. The van der Waals surface area contributed by atoms with Gasteiger partial charge in [0.15, 0.2) is 11.2 Å². The lowest BCUT2D eigenvalue weighted by Crippen LogP contribution is -2.38. The normalized spacial score (nSPS) is 14.0. The van der Waals surface area contributed by atoms with Crippen molar-refractivity contribution in [3.63, 3.8) is 0 Å². The highest BCUT2D eigenvalue weighted by Crippen LogP contribution is 2.32. The van der Waals surface area contributed by atoms with Gasteiger partial charge in [0.2, 0.25) is 5.95 Å². The van der Waals surface area contributed by atoms with Crippen LogP contribution in [0.25, 0.3) is 11.2 Å². The number of hydrogen-bond acceptors (Lipinski definition) is 5. The van der Waals surface area contributed by atoms with Crippen LogP contribution >= 0.6 is 0 Å². The first-order chi connectivity index (χ1) is 12.0. The highest BCUT2D eigenvalue weighted by molar-refractivity contribution is 5.77. The summed E-state index contributed by atoms with van der Waals surface area (Å²) in [6.07, 6.45) is 0.877. The lowest BCUT2D eigenvalue weighted by Gasteiger charge is -2.29. The molecule has 8 heteroatoms. The van der Waals surface area contributed by atoms with Crippen LogP contribution in [-0.4, -0.2) is 32.3 Å². The Hall–Kier alpha value is -3.03. The minimum atomic E-state index is -0.374. The summed E-state index contributed by atoms with van der Waals surface area (Å²) < 4.78 is 9.76. The van der Waals surface area contributed by atoms with E-state index in [1.807, 2.05) is 28.8 Å². The summed E-state index contributed by atoms with van der Waals surface area (Å²) in [6.45, 7) is 1.48. The van der Waals surface area contributed by atoms with Crippen LogP contribution < -0.4 is 20.9 Å². The Balaban J connectivity index is 1.99. The first-order valence-electron chi connectivity index (χ1n) is 8.10. The zero-order valence-electron chi connectivity index (χ0n) is 14.4. The summed E-state index contributed by atoms with van der Waals surface area (Å²) in [7, 11) is 4.76. The average molecular weight is 341 g/mol. The molecule has 0 unspecified atom stereocenters. The van der Waals surface area contributed by atoms with Gasteiger partial charge < -0.3 is 14.2 Å². The van der Waals surface area contributed by atoms with Crippen molar-refractivity contribution in [3.8, 4) is 5.75 Å². The summed E-state index contributed by atoms with van der Waals surface area (Å²) in [5.74, 6) is 1.43. The predicted molar refractivity (Wildman–Crippen MR) is 94.8 cm³/mol. The zero-order valence-corrected chi connectivity index (χ0v) is 14.4. The monoisotopic (exact) mass is 341 g/mol. The van der Waals surface area contributed by atoms with Crippen molar-refractivity contribution in [2.75, 3.05) is 18.6 Å². The molecule has 0 radical (unpaired) electrons. The Bertz CT molecular complexity index is 1090. The minimum Gasteiger partial charge on any atom is -0.497 e. The van der Waals surface area contributed by atoms with E-state index in [-0.39, 0.29) is 11.2 Å². The first kappa shape index (κ1) is 15.5. The molecule has 4 rings (SSSR count). The molecule has 0 aliphatic carbocycles. The maximum atomic E-state index is 12.6. The molecule has 25 heavy (non-hydrogen) atoms. The molecule has 1 aromatic carbocycles. The number of anilines is 2. The number of rotatable bonds is 2. The maximum absolute atomic E-state index is 12.6. The molecule has 0 amide bonds. The molecule has 2 aromatic heterocycles. The second-order valence-electron chi connectivity index (χ2n) is 6.15. The van der Waals surface area contributed by atoms with Gasteiger partial charge in [0.05, 0.1) is 7.11 Å². The molecule has 1 aliphatic heterocycles. The third kappa shape index (κ3) is 2.17. The second kappa shape index (κ2) is 5.51. The molecule has 0 fully saturated rings. The van der Waals surface area contributed by atoms with Crippen molar-refractivity contribution < 1.29 is 4.74 Å². The van der Waals surface area contributed by atoms with E-state index in [1.54, 1.807) is 14.2 Å². The van der Waals surface area contributed by atoms with E-state index >= 15 is 0 Å². The second-order valence-corrected chi connectivity index (χ2v) is 6.15. The van der Waals surface area contributed by atoms with Gasteiger partial charge in [-0.1, -0.05) is 6.07 Å². The molecular formula is C17H19N5O3. The van der Waals surface area contributed by atoms with E-state index in [0.717, 1.165) is 29.0 Å². The molecule has 0 spiro atoms. The molecular weight excluding hydrogens is 322 g/mol. The van der Waals surface area contributed by atoms with Crippen LogP contribution in [0.4, 0.5) is 11.6 Å². The molecule has 0 saturated carbocycles. The molecule has 0 atom stereocenters. The Kier molecular flexibility index (Phi) is 3.41. The van der Waals surface area contributed by atoms with Crippen molar-refractivity contribution in [2.24, 2.45) is 14.1 Å². The van der Waals surface area contributed by atoms with Crippen LogP contribution in [0.2, 0.25) is 0 Å². The number of nitrogens with zero attached hydrogens (tertiary/aromatic N) is 5. The summed E-state index contributed by atoms with van der Waals surface area (Å²) >= 11 is 0. The number of fused-ring (bicyclic) bond motifs is 3. The summed E-state index contributed by atoms with van der Waals surface area (Å²) in [5.41, 5.74) is 1.13. The van der Waals surface area contributed by atoms with Crippen LogP contribution in [0.1, 0.15) is 6.42 Å². The molecule has 1 aliphatic rings. The van der Waals surface area contributed by atoms with Crippen molar-refractivity contribution in [1.82, 2.24) is 18.7 Å². The highest BCUT2D eigenvalue weighted by atomic mass is 16.5. The third-order valence-corrected chi connectivity index (χ3v) is 4.70. The number of hydrogen-bond donors (Lipinski definition) is 0. The molecule has 3 heterocycles. The summed E-state index contributed by atoms with van der Waals surface area (Å²) in [4.78, 5) is 31.5. The van der Waals surface area contributed by atoms with Gasteiger partial charge in [0.1, 0.15) is 5.75 Å². The van der Waals surface area contributed by atoms with E-state index in [1.165, 1.54) is 11.6 Å². The topological polar surface area (TPSA) is 74.3 Å². The largest absolute Gasteiger partial charge is 0.497 e. The van der Waals surface area contributed by atoms with E-state index in [2.05, 4.69) is 9.88 Å². The number of ether oxygens (including phenoxy) is 1. The smallest absolute Gasteiger partial charge is 0.332 e. The van der Waals surface area contributed by atoms with Gasteiger partial charge in [0, 0.05) is 38.9 Å². The number of aryl methyl sites for hydroxylation is 2. The van der Waals surface area contributed by atoms with Gasteiger partial charge in [-0.3, -0.25) is 13.9 Å². The SMILES string of the molecule is COc1cccc(N2CCCn3c2nc2c3c(=O)n(C)c(=O)n2C)c1. The molecule has 3 aromatic rings. The number of imidazole rings is 1. The lowest BCUT2D eigenvalue weighted by atomic mass is 10.2. The van der Waals surface area contributed by atoms with E-state index in [9.17, 15) is 9.59 Å². The zero-order chi connectivity index (χ0) is 17.7. The van der Waals surface area contributed by atoms with Crippen LogP contribution in [-0.2, 0) is 20.6 Å². The van der Waals surface area contributed by atoms with Crippen LogP contribution in [0.15, 0.2) is 33.9 Å². The van der Waals surface area contributed by atoms with Crippen molar-refractivity contribution >= 4 is 22.8 Å². The quantitative estimate of drug-likeness (QED) is 0.695. The van der Waals surface area contributed by atoms with Gasteiger partial charge in [-0.2, -0.15) is 4.98 Å². The van der Waals surface area contributed by atoms with Crippen LogP contribution in [0, 0.1) is 0 Å². The van der Waals surface area contributed by atoms with Crippen LogP contribution in [0.5, 0.6) is 5.75 Å².